The van der Waals surface area contributed by atoms with E-state index in [1.54, 1.807) is 13.0 Å². The molecule has 1 amide bonds. The van der Waals surface area contributed by atoms with Crippen molar-refractivity contribution in [1.82, 2.24) is 0 Å². The first kappa shape index (κ1) is 17.1. The average Bonchev–Trinajstić information content (AvgIpc) is 3.13. The molecule has 7 nitrogen and oxygen atoms in total. The third kappa shape index (κ3) is 3.01. The molecule has 138 valence electrons. The summed E-state index contributed by atoms with van der Waals surface area (Å²) < 4.78 is 15.6. The molecule has 0 saturated carbocycles. The quantitative estimate of drug-likeness (QED) is 0.778. The van der Waals surface area contributed by atoms with Crippen molar-refractivity contribution in [3.05, 3.63) is 53.6 Å². The number of hydrogen-bond acceptors (Lipinski definition) is 6. The summed E-state index contributed by atoms with van der Waals surface area (Å²) in [5, 5.41) is 0. The van der Waals surface area contributed by atoms with Gasteiger partial charge in [-0.3, -0.25) is 19.5 Å². The molecule has 2 heterocycles. The molecule has 0 saturated heterocycles. The third-order valence-corrected chi connectivity index (χ3v) is 4.56. The number of benzodiazepines with no additional fused rings is 1. The lowest BCUT2D eigenvalue weighted by atomic mass is 9.99. The molecule has 4 rings (SSSR count). The van der Waals surface area contributed by atoms with Crippen LogP contribution in [0.4, 0.5) is 5.69 Å². The molecule has 1 atom stereocenters. The average molecular weight is 366 g/mol. The van der Waals surface area contributed by atoms with Gasteiger partial charge < -0.3 is 14.2 Å². The van der Waals surface area contributed by atoms with Crippen LogP contribution in [0.5, 0.6) is 11.5 Å². The van der Waals surface area contributed by atoms with E-state index in [2.05, 4.69) is 4.99 Å². The second-order valence-electron chi connectivity index (χ2n) is 6.24. The Kier molecular flexibility index (Phi) is 4.27. The van der Waals surface area contributed by atoms with Crippen LogP contribution in [0, 0.1) is 0 Å². The SMILES string of the molecule is COC(=O)CN1C(=O)C(C)N=C(c2ccc3c(c2)OCO3)c2ccccc21. The zero-order chi connectivity index (χ0) is 19.0. The Labute approximate surface area is 156 Å². The maximum atomic E-state index is 12.9. The molecule has 0 bridgehead atoms. The molecule has 27 heavy (non-hydrogen) atoms. The van der Waals surface area contributed by atoms with Crippen LogP contribution < -0.4 is 14.4 Å². The van der Waals surface area contributed by atoms with E-state index < -0.39 is 12.0 Å². The predicted octanol–water partition coefficient (Wildman–Crippen LogP) is 2.16. The van der Waals surface area contributed by atoms with Crippen molar-refractivity contribution in [1.29, 1.82) is 0 Å². The van der Waals surface area contributed by atoms with E-state index in [-0.39, 0.29) is 19.2 Å². The summed E-state index contributed by atoms with van der Waals surface area (Å²) in [6.07, 6.45) is 0. The molecule has 2 aromatic rings. The highest BCUT2D eigenvalue weighted by Crippen LogP contribution is 2.35. The van der Waals surface area contributed by atoms with Gasteiger partial charge in [-0.05, 0) is 31.2 Å². The van der Waals surface area contributed by atoms with Crippen molar-refractivity contribution in [3.8, 4) is 11.5 Å². The van der Waals surface area contributed by atoms with Gasteiger partial charge in [0, 0.05) is 11.1 Å². The molecule has 2 aromatic carbocycles. The molecule has 0 aromatic heterocycles. The van der Waals surface area contributed by atoms with Gasteiger partial charge in [-0.2, -0.15) is 0 Å². The number of ether oxygens (including phenoxy) is 3. The molecule has 1 unspecified atom stereocenters. The number of esters is 1. The Morgan fingerprint density at radius 2 is 2.00 bits per heavy atom. The van der Waals surface area contributed by atoms with Crippen molar-refractivity contribution in [2.24, 2.45) is 4.99 Å². The van der Waals surface area contributed by atoms with Gasteiger partial charge in [0.2, 0.25) is 6.79 Å². The Morgan fingerprint density at radius 3 is 2.81 bits per heavy atom. The predicted molar refractivity (Wildman–Crippen MR) is 98.5 cm³/mol. The zero-order valence-electron chi connectivity index (χ0n) is 15.0. The number of hydrogen-bond donors (Lipinski definition) is 0. The number of methoxy groups -OCH3 is 1. The Balaban J connectivity index is 1.84. The monoisotopic (exact) mass is 366 g/mol. The number of carbonyl (C=O) groups excluding carboxylic acids is 2. The van der Waals surface area contributed by atoms with E-state index in [4.69, 9.17) is 14.2 Å². The number of amides is 1. The van der Waals surface area contributed by atoms with Gasteiger partial charge in [-0.1, -0.05) is 18.2 Å². The van der Waals surface area contributed by atoms with E-state index in [9.17, 15) is 9.59 Å². The van der Waals surface area contributed by atoms with Gasteiger partial charge in [-0.25, -0.2) is 0 Å². The van der Waals surface area contributed by atoms with Crippen LogP contribution in [-0.4, -0.2) is 44.1 Å². The first-order chi connectivity index (χ1) is 13.1. The zero-order valence-corrected chi connectivity index (χ0v) is 15.0. The summed E-state index contributed by atoms with van der Waals surface area (Å²) in [4.78, 5) is 30.8. The van der Waals surface area contributed by atoms with E-state index >= 15 is 0 Å². The van der Waals surface area contributed by atoms with E-state index in [0.717, 1.165) is 11.1 Å². The lowest BCUT2D eigenvalue weighted by molar-refractivity contribution is -0.140. The lowest BCUT2D eigenvalue weighted by Crippen LogP contribution is -2.40. The minimum atomic E-state index is -0.650. The minimum Gasteiger partial charge on any atom is -0.468 e. The van der Waals surface area contributed by atoms with Crippen molar-refractivity contribution >= 4 is 23.3 Å². The van der Waals surface area contributed by atoms with Crippen LogP contribution in [-0.2, 0) is 14.3 Å². The Hall–Kier alpha value is -3.35. The number of aliphatic imine (C=N–C) groups is 1. The summed E-state index contributed by atoms with van der Waals surface area (Å²) in [7, 11) is 1.30. The summed E-state index contributed by atoms with van der Waals surface area (Å²) >= 11 is 0. The first-order valence-corrected chi connectivity index (χ1v) is 8.54. The van der Waals surface area contributed by atoms with Gasteiger partial charge in [0.1, 0.15) is 12.6 Å². The standard InChI is InChI=1S/C20H18N2O5/c1-12-20(24)22(10-18(23)25-2)15-6-4-3-5-14(15)19(21-12)13-7-8-16-17(9-13)27-11-26-16/h3-9,12H,10-11H2,1-2H3. The highest BCUT2D eigenvalue weighted by molar-refractivity contribution is 6.20. The van der Waals surface area contributed by atoms with Crippen molar-refractivity contribution in [2.45, 2.75) is 13.0 Å². The smallest absolute Gasteiger partial charge is 0.325 e. The second kappa shape index (κ2) is 6.75. The fraction of sp³-hybridized carbons (Fsp3) is 0.250. The summed E-state index contributed by atoms with van der Waals surface area (Å²) in [6, 6.07) is 12.3. The normalized spacial score (nSPS) is 17.9. The van der Waals surface area contributed by atoms with Crippen LogP contribution in [0.1, 0.15) is 18.1 Å². The molecule has 7 heteroatoms. The van der Waals surface area contributed by atoms with Gasteiger partial charge in [0.05, 0.1) is 18.5 Å². The van der Waals surface area contributed by atoms with E-state index in [0.29, 0.717) is 22.9 Å². The molecule has 2 aliphatic rings. The van der Waals surface area contributed by atoms with Crippen LogP contribution in [0.15, 0.2) is 47.5 Å². The number of benzene rings is 2. The fourth-order valence-corrected chi connectivity index (χ4v) is 3.20. The Morgan fingerprint density at radius 1 is 1.22 bits per heavy atom. The topological polar surface area (TPSA) is 77.4 Å². The molecule has 0 radical (unpaired) electrons. The van der Waals surface area contributed by atoms with Crippen molar-refractivity contribution in [2.75, 3.05) is 25.3 Å². The summed E-state index contributed by atoms with van der Waals surface area (Å²) in [5.74, 6) is 0.570. The highest BCUT2D eigenvalue weighted by atomic mass is 16.7. The molecular weight excluding hydrogens is 348 g/mol. The first-order valence-electron chi connectivity index (χ1n) is 8.54. The molecular formula is C20H18N2O5. The van der Waals surface area contributed by atoms with Gasteiger partial charge in [0.25, 0.3) is 5.91 Å². The van der Waals surface area contributed by atoms with E-state index in [1.165, 1.54) is 12.0 Å². The molecule has 0 N–H and O–H groups in total. The molecule has 2 aliphatic heterocycles. The lowest BCUT2D eigenvalue weighted by Gasteiger charge is -2.23. The minimum absolute atomic E-state index is 0.166. The number of rotatable bonds is 3. The second-order valence-corrected chi connectivity index (χ2v) is 6.24. The summed E-state index contributed by atoms with van der Waals surface area (Å²) in [5.41, 5.74) is 2.86. The van der Waals surface area contributed by atoms with Gasteiger partial charge >= 0.3 is 5.97 Å². The molecule has 0 aliphatic carbocycles. The largest absolute Gasteiger partial charge is 0.468 e. The van der Waals surface area contributed by atoms with Crippen molar-refractivity contribution in [3.63, 3.8) is 0 Å². The van der Waals surface area contributed by atoms with E-state index in [1.807, 2.05) is 36.4 Å². The maximum absolute atomic E-state index is 12.9. The van der Waals surface area contributed by atoms with Crippen LogP contribution >= 0.6 is 0 Å². The maximum Gasteiger partial charge on any atom is 0.325 e. The molecule has 0 fully saturated rings. The van der Waals surface area contributed by atoms with Crippen LogP contribution in [0.25, 0.3) is 0 Å². The van der Waals surface area contributed by atoms with Gasteiger partial charge in [0.15, 0.2) is 11.5 Å². The fourth-order valence-electron chi connectivity index (χ4n) is 3.20. The third-order valence-electron chi connectivity index (χ3n) is 4.56. The van der Waals surface area contributed by atoms with Crippen LogP contribution in [0.2, 0.25) is 0 Å². The summed E-state index contributed by atoms with van der Waals surface area (Å²) in [6.45, 7) is 1.73. The number of anilines is 1. The number of fused-ring (bicyclic) bond motifs is 2. The number of carbonyl (C=O) groups is 2. The van der Waals surface area contributed by atoms with Crippen molar-refractivity contribution < 1.29 is 23.8 Å². The Bertz CT molecular complexity index is 953. The highest BCUT2D eigenvalue weighted by Gasteiger charge is 2.31. The molecule has 0 spiro atoms. The van der Waals surface area contributed by atoms with Crippen LogP contribution in [0.3, 0.4) is 0 Å². The number of para-hydroxylation sites is 1. The van der Waals surface area contributed by atoms with Gasteiger partial charge in [-0.15, -0.1) is 0 Å². The number of nitrogens with zero attached hydrogens (tertiary/aromatic N) is 2.